The molecule has 5 atom stereocenters. The molecule has 3 N–H and O–H groups in total. The predicted octanol–water partition coefficient (Wildman–Crippen LogP) is 20.4. The Kier molecular flexibility index (Phi) is 64.7. The van der Waals surface area contributed by atoms with Gasteiger partial charge in [-0.2, -0.15) is 0 Å². The fourth-order valence-corrected chi connectivity index (χ4v) is 11.1. The highest BCUT2D eigenvalue weighted by Gasteiger charge is 2.30. The number of carbonyl (C=O) groups excluding carboxylic acids is 4. The first kappa shape index (κ1) is 90.0. The number of phosphoric ester groups is 2. The molecule has 94 heavy (non-hydrogen) atoms. The van der Waals surface area contributed by atoms with Crippen molar-refractivity contribution in [1.82, 2.24) is 0 Å². The molecule has 0 aliphatic carbocycles. The molecule has 0 heterocycles. The number of allylic oxidation sites excluding steroid dienone is 15. The van der Waals surface area contributed by atoms with Gasteiger partial charge in [0.2, 0.25) is 0 Å². The van der Waals surface area contributed by atoms with E-state index in [4.69, 9.17) is 37.0 Å². The first-order valence-corrected chi connectivity index (χ1v) is 39.5. The Morgan fingerprint density at radius 1 is 0.319 bits per heavy atom. The number of hydrogen-bond donors (Lipinski definition) is 3. The van der Waals surface area contributed by atoms with Gasteiger partial charge in [-0.15, -0.1) is 0 Å². The Morgan fingerprint density at radius 2 is 0.606 bits per heavy atom. The summed E-state index contributed by atoms with van der Waals surface area (Å²) in [4.78, 5) is 72.6. The Balaban J connectivity index is 5.38. The van der Waals surface area contributed by atoms with Crippen molar-refractivity contribution >= 4 is 39.5 Å². The standard InChI is InChI=1S/C75H130O17P2/c1-5-9-13-17-21-25-29-32-34-37-40-43-47-51-55-59-72(77)85-65-70(91-74(79)61-57-53-49-45-39-28-24-20-16-12-8-4)67-89-93(81,82)87-63-69(76)64-88-94(83,84)90-68-71(92-75(80)62-58-54-50-46-42-36-31-27-23-19-15-11-7-3)66-86-73(78)60-56-52-48-44-41-38-35-33-30-26-22-18-14-10-6-2/h9,13,20-22,24-26,32-35,40,43,51,55,69-71,76H,5-8,10-12,14-19,23,27-31,36-39,41-42,44-50,52-54,56-68H2,1-4H3,(H,81,82)(H,83,84)/b13-9-,24-20-,25-21-,26-22-,34-32-,35-33-,43-40-,55-51-. The van der Waals surface area contributed by atoms with Crippen molar-refractivity contribution in [3.05, 3.63) is 97.2 Å². The van der Waals surface area contributed by atoms with Crippen LogP contribution < -0.4 is 0 Å². The molecule has 19 heteroatoms. The maximum absolute atomic E-state index is 13.0. The van der Waals surface area contributed by atoms with Crippen molar-refractivity contribution in [2.24, 2.45) is 0 Å². The smallest absolute Gasteiger partial charge is 0.462 e. The minimum atomic E-state index is -4.99. The quantitative estimate of drug-likeness (QED) is 0.0169. The molecule has 0 saturated heterocycles. The van der Waals surface area contributed by atoms with Crippen LogP contribution in [0.15, 0.2) is 97.2 Å². The first-order valence-electron chi connectivity index (χ1n) is 36.5. The van der Waals surface area contributed by atoms with E-state index < -0.39 is 97.5 Å². The van der Waals surface area contributed by atoms with Gasteiger partial charge in [0, 0.05) is 19.3 Å². The van der Waals surface area contributed by atoms with Crippen LogP contribution >= 0.6 is 15.6 Å². The van der Waals surface area contributed by atoms with Gasteiger partial charge in [-0.1, -0.05) is 266 Å². The number of carbonyl (C=O) groups is 4. The average molecular weight is 1370 g/mol. The Bertz CT molecular complexity index is 2170. The molecule has 0 amide bonds. The number of hydrogen-bond acceptors (Lipinski definition) is 15. The zero-order valence-corrected chi connectivity index (χ0v) is 60.7. The molecule has 542 valence electrons. The summed E-state index contributed by atoms with van der Waals surface area (Å²) in [6.07, 6.45) is 68.7. The fourth-order valence-electron chi connectivity index (χ4n) is 9.48. The second-order valence-corrected chi connectivity index (χ2v) is 27.1. The van der Waals surface area contributed by atoms with Crippen LogP contribution in [0.2, 0.25) is 0 Å². The maximum atomic E-state index is 13.0. The second kappa shape index (κ2) is 67.5. The molecule has 0 aliphatic heterocycles. The van der Waals surface area contributed by atoms with Crippen molar-refractivity contribution in [2.75, 3.05) is 39.6 Å². The molecule has 5 unspecified atom stereocenters. The van der Waals surface area contributed by atoms with Crippen LogP contribution in [-0.4, -0.2) is 96.7 Å². The lowest BCUT2D eigenvalue weighted by molar-refractivity contribution is -0.161. The van der Waals surface area contributed by atoms with Crippen molar-refractivity contribution in [3.8, 4) is 0 Å². The van der Waals surface area contributed by atoms with Crippen LogP contribution in [0.25, 0.3) is 0 Å². The monoisotopic (exact) mass is 1360 g/mol. The van der Waals surface area contributed by atoms with Crippen molar-refractivity contribution in [1.29, 1.82) is 0 Å². The number of aliphatic hydroxyl groups excluding tert-OH is 1. The highest BCUT2D eigenvalue weighted by atomic mass is 31.2. The van der Waals surface area contributed by atoms with E-state index in [1.165, 1.54) is 83.5 Å². The van der Waals surface area contributed by atoms with E-state index in [2.05, 4.69) is 101 Å². The summed E-state index contributed by atoms with van der Waals surface area (Å²) in [7, 11) is -9.96. The summed E-state index contributed by atoms with van der Waals surface area (Å²) in [6, 6.07) is 0. The summed E-state index contributed by atoms with van der Waals surface area (Å²) in [5, 5.41) is 10.6. The van der Waals surface area contributed by atoms with E-state index in [1.54, 1.807) is 6.08 Å². The lowest BCUT2D eigenvalue weighted by Gasteiger charge is -2.21. The van der Waals surface area contributed by atoms with Gasteiger partial charge < -0.3 is 33.8 Å². The summed E-state index contributed by atoms with van der Waals surface area (Å²) in [5.41, 5.74) is 0. The number of unbranched alkanes of at least 4 members (excludes halogenated alkanes) is 27. The Morgan fingerprint density at radius 3 is 1.01 bits per heavy atom. The second-order valence-electron chi connectivity index (χ2n) is 24.2. The molecule has 0 aromatic heterocycles. The molecule has 0 radical (unpaired) electrons. The van der Waals surface area contributed by atoms with Crippen molar-refractivity contribution in [3.63, 3.8) is 0 Å². The number of aliphatic hydroxyl groups is 1. The van der Waals surface area contributed by atoms with Crippen LogP contribution in [0.4, 0.5) is 0 Å². The van der Waals surface area contributed by atoms with Gasteiger partial charge in [0.1, 0.15) is 19.3 Å². The Labute approximate surface area is 569 Å². The lowest BCUT2D eigenvalue weighted by atomic mass is 10.0. The Hall–Kier alpha value is -4.02. The average Bonchev–Trinajstić information content (AvgIpc) is 1.35. The predicted molar refractivity (Wildman–Crippen MR) is 381 cm³/mol. The number of phosphoric acid groups is 2. The van der Waals surface area contributed by atoms with E-state index in [1.807, 2.05) is 18.2 Å². The lowest BCUT2D eigenvalue weighted by Crippen LogP contribution is -2.30. The topological polar surface area (TPSA) is 237 Å². The molecule has 17 nitrogen and oxygen atoms in total. The van der Waals surface area contributed by atoms with E-state index in [0.29, 0.717) is 25.7 Å². The van der Waals surface area contributed by atoms with E-state index in [0.717, 1.165) is 135 Å². The van der Waals surface area contributed by atoms with Gasteiger partial charge in [0.15, 0.2) is 12.2 Å². The molecule has 0 bridgehead atoms. The fraction of sp³-hybridized carbons (Fsp3) is 0.733. The van der Waals surface area contributed by atoms with E-state index in [-0.39, 0.29) is 25.7 Å². The molecular weight excluding hydrogens is 1230 g/mol. The van der Waals surface area contributed by atoms with Crippen LogP contribution in [0.5, 0.6) is 0 Å². The van der Waals surface area contributed by atoms with Crippen LogP contribution in [-0.2, 0) is 65.4 Å². The summed E-state index contributed by atoms with van der Waals surface area (Å²) in [6.45, 7) is 4.55. The minimum absolute atomic E-state index is 0.0648. The van der Waals surface area contributed by atoms with E-state index in [9.17, 15) is 43.2 Å². The molecule has 0 aromatic rings. The zero-order valence-electron chi connectivity index (χ0n) is 58.9. The van der Waals surface area contributed by atoms with Crippen LogP contribution in [0, 0.1) is 0 Å². The summed E-state index contributed by atoms with van der Waals surface area (Å²) in [5.74, 6) is -2.34. The van der Waals surface area contributed by atoms with Gasteiger partial charge in [-0.05, 0) is 103 Å². The van der Waals surface area contributed by atoms with E-state index >= 15 is 0 Å². The van der Waals surface area contributed by atoms with Gasteiger partial charge in [0.05, 0.1) is 32.8 Å². The normalized spacial score (nSPS) is 14.6. The molecule has 0 aliphatic rings. The molecular formula is C75H130O17P2. The highest BCUT2D eigenvalue weighted by molar-refractivity contribution is 7.47. The molecule has 0 rings (SSSR count). The van der Waals surface area contributed by atoms with Crippen molar-refractivity contribution in [2.45, 2.75) is 316 Å². The third kappa shape index (κ3) is 66.6. The van der Waals surface area contributed by atoms with Crippen molar-refractivity contribution < 1.29 is 80.2 Å². The summed E-state index contributed by atoms with van der Waals surface area (Å²) < 4.78 is 68.2. The van der Waals surface area contributed by atoms with Crippen LogP contribution in [0.1, 0.15) is 297 Å². The molecule has 0 fully saturated rings. The third-order valence-electron chi connectivity index (χ3n) is 15.1. The largest absolute Gasteiger partial charge is 0.472 e. The zero-order chi connectivity index (χ0) is 69.0. The molecule has 0 aromatic carbocycles. The van der Waals surface area contributed by atoms with Gasteiger partial charge >= 0.3 is 39.5 Å². The van der Waals surface area contributed by atoms with Gasteiger partial charge in [-0.3, -0.25) is 37.3 Å². The molecule has 0 spiro atoms. The van der Waals surface area contributed by atoms with Gasteiger partial charge in [-0.25, -0.2) is 9.13 Å². The maximum Gasteiger partial charge on any atom is 0.472 e. The number of rotatable bonds is 68. The number of esters is 4. The van der Waals surface area contributed by atoms with Crippen LogP contribution in [0.3, 0.4) is 0 Å². The first-order chi connectivity index (χ1) is 45.7. The number of ether oxygens (including phenoxy) is 4. The summed E-state index contributed by atoms with van der Waals surface area (Å²) >= 11 is 0. The minimum Gasteiger partial charge on any atom is -0.462 e. The third-order valence-corrected chi connectivity index (χ3v) is 17.0. The highest BCUT2D eigenvalue weighted by Crippen LogP contribution is 2.45. The van der Waals surface area contributed by atoms with Gasteiger partial charge in [0.25, 0.3) is 0 Å². The molecule has 0 saturated carbocycles. The SMILES string of the molecule is CC/C=C\C/C=C\C/C=C\C/C=C\C/C=C\CC(=O)OCC(COP(=O)(O)OCC(O)COP(=O)(O)OCC(COC(=O)CCCCCCC/C=C\C/C=C\CCCCC)OC(=O)CCCCCCCCCCCCCCC)OC(=O)CCCCCCC/C=C\CCCC.